The Kier molecular flexibility index (Phi) is 11.8. The highest BCUT2D eigenvalue weighted by atomic mass is 16.4. The Bertz CT molecular complexity index is 691. The lowest BCUT2D eigenvalue weighted by Crippen LogP contribution is -2.53. The van der Waals surface area contributed by atoms with Crippen molar-refractivity contribution in [2.75, 3.05) is 6.54 Å². The third-order valence-electron chi connectivity index (χ3n) is 9.57. The first kappa shape index (κ1) is 28.4. The summed E-state index contributed by atoms with van der Waals surface area (Å²) >= 11 is 0. The van der Waals surface area contributed by atoms with Gasteiger partial charge >= 0.3 is 7.48 Å². The second kappa shape index (κ2) is 14.6. The van der Waals surface area contributed by atoms with Crippen LogP contribution in [0.1, 0.15) is 117 Å². The predicted octanol–water partition coefficient (Wildman–Crippen LogP) is 6.04. The molecule has 5 atom stereocenters. The zero-order valence-corrected chi connectivity index (χ0v) is 22.6. The summed E-state index contributed by atoms with van der Waals surface area (Å²) in [5.74, 6) is 1.70. The van der Waals surface area contributed by atoms with E-state index in [0.717, 1.165) is 51.4 Å². The van der Waals surface area contributed by atoms with Crippen LogP contribution in [0.4, 0.5) is 4.79 Å². The molecular formula is C29H51BN2O3. The molecule has 35 heavy (non-hydrogen) atoms. The summed E-state index contributed by atoms with van der Waals surface area (Å²) in [6.07, 6.45) is 22.7. The van der Waals surface area contributed by atoms with Gasteiger partial charge in [-0.2, -0.15) is 0 Å². The van der Waals surface area contributed by atoms with Crippen molar-refractivity contribution in [1.29, 1.82) is 0 Å². The summed E-state index contributed by atoms with van der Waals surface area (Å²) in [5.41, 5.74) is 6.20. The molecule has 5 nitrogen and oxygen atoms in total. The van der Waals surface area contributed by atoms with Gasteiger partial charge < -0.3 is 15.7 Å². The molecule has 5 unspecified atom stereocenters. The standard InChI is InChI=1S/C29H51BN2O3/c1-22-23-14-8-6-7-9-15-24(20-19-23)29(22,2)27(33)26(31)18-12-13-21-32-28(34)30-35-25-16-10-4-3-5-11-17-25/h6-7,22-26,30H,3-5,8-21,31H2,1-2H3,(H,32,34)/b7-6-. The average Bonchev–Trinajstić information content (AvgIpc) is 2.84. The minimum atomic E-state index is -0.402. The SMILES string of the molecule is CC1C2CC/C=C\CCC(CC2)C1(C)C(=O)C(N)CCCCNC(=O)BOC1CCCCCCC1. The molecule has 4 aliphatic rings. The lowest BCUT2D eigenvalue weighted by atomic mass is 9.53. The number of unbranched alkanes of at least 4 members (excludes halogenated alkanes) is 1. The molecule has 0 aromatic heterocycles. The number of carbonyl (C=O) groups excluding carboxylic acids is 2. The first-order valence-corrected chi connectivity index (χ1v) is 14.8. The van der Waals surface area contributed by atoms with Gasteiger partial charge in [-0.15, -0.1) is 0 Å². The van der Waals surface area contributed by atoms with E-state index in [4.69, 9.17) is 10.4 Å². The van der Waals surface area contributed by atoms with E-state index in [-0.39, 0.29) is 30.6 Å². The summed E-state index contributed by atoms with van der Waals surface area (Å²) in [5, 5.41) is 2.99. The van der Waals surface area contributed by atoms with Crippen LogP contribution in [0.15, 0.2) is 12.2 Å². The Morgan fingerprint density at radius 2 is 1.69 bits per heavy atom. The number of hydrogen-bond donors (Lipinski definition) is 2. The number of hydrogen-bond acceptors (Lipinski definition) is 4. The van der Waals surface area contributed by atoms with Crippen molar-refractivity contribution in [3.63, 3.8) is 0 Å². The molecule has 0 aromatic rings. The van der Waals surface area contributed by atoms with E-state index >= 15 is 0 Å². The van der Waals surface area contributed by atoms with Gasteiger partial charge in [0.05, 0.1) is 6.04 Å². The molecule has 0 heterocycles. The Balaban J connectivity index is 1.37. The van der Waals surface area contributed by atoms with Gasteiger partial charge in [0.15, 0.2) is 5.78 Å². The Hall–Kier alpha value is -1.14. The van der Waals surface area contributed by atoms with Crippen molar-refractivity contribution < 1.29 is 14.2 Å². The number of Topliss-reactive ketones (excluding diaryl/α,β-unsaturated/α-hetero) is 1. The highest BCUT2D eigenvalue weighted by Crippen LogP contribution is 2.52. The molecule has 198 valence electrons. The molecule has 3 N–H and O–H groups in total. The maximum absolute atomic E-state index is 13.7. The molecule has 0 spiro atoms. The number of amides is 1. The Morgan fingerprint density at radius 3 is 2.43 bits per heavy atom. The Labute approximate surface area is 215 Å². The van der Waals surface area contributed by atoms with Gasteiger partial charge in [0.2, 0.25) is 5.81 Å². The number of nitrogens with one attached hydrogen (secondary N) is 1. The van der Waals surface area contributed by atoms with E-state index in [0.29, 0.717) is 30.7 Å². The number of allylic oxidation sites excluding steroid dienone is 2. The lowest BCUT2D eigenvalue weighted by molar-refractivity contribution is -0.141. The van der Waals surface area contributed by atoms with Gasteiger partial charge in [0.1, 0.15) is 0 Å². The molecule has 0 aliphatic heterocycles. The maximum atomic E-state index is 13.7. The Morgan fingerprint density at radius 1 is 1.00 bits per heavy atom. The van der Waals surface area contributed by atoms with Crippen LogP contribution in [-0.2, 0) is 9.45 Å². The number of ketones is 1. The fraction of sp³-hybridized carbons (Fsp3) is 0.862. The van der Waals surface area contributed by atoms with Gasteiger partial charge in [-0.1, -0.05) is 58.1 Å². The second-order valence-electron chi connectivity index (χ2n) is 11.8. The minimum absolute atomic E-state index is 0.0275. The fourth-order valence-electron chi connectivity index (χ4n) is 7.01. The van der Waals surface area contributed by atoms with Crippen LogP contribution >= 0.6 is 0 Å². The van der Waals surface area contributed by atoms with Crippen LogP contribution in [0.3, 0.4) is 0 Å². The van der Waals surface area contributed by atoms with E-state index in [1.165, 1.54) is 44.9 Å². The monoisotopic (exact) mass is 486 g/mol. The van der Waals surface area contributed by atoms with Crippen molar-refractivity contribution >= 4 is 19.1 Å². The molecule has 2 fully saturated rings. The largest absolute Gasteiger partial charge is 0.427 e. The summed E-state index contributed by atoms with van der Waals surface area (Å²) < 4.78 is 5.87. The predicted molar refractivity (Wildman–Crippen MR) is 146 cm³/mol. The lowest BCUT2D eigenvalue weighted by Gasteiger charge is -2.50. The van der Waals surface area contributed by atoms with Gasteiger partial charge in [0, 0.05) is 18.1 Å². The number of carbonyl (C=O) groups is 2. The molecule has 4 aliphatic carbocycles. The van der Waals surface area contributed by atoms with E-state index in [1.54, 1.807) is 0 Å². The topological polar surface area (TPSA) is 81.4 Å². The summed E-state index contributed by atoms with van der Waals surface area (Å²) in [6.45, 7) is 5.15. The average molecular weight is 487 g/mol. The zero-order valence-electron chi connectivity index (χ0n) is 22.6. The van der Waals surface area contributed by atoms with Gasteiger partial charge in [-0.05, 0) is 88.4 Å². The third kappa shape index (κ3) is 8.18. The molecule has 6 heteroatoms. The van der Waals surface area contributed by atoms with Crippen LogP contribution in [0.5, 0.6) is 0 Å². The summed E-state index contributed by atoms with van der Waals surface area (Å²) in [4.78, 5) is 25.9. The summed E-state index contributed by atoms with van der Waals surface area (Å²) in [7, 11) is 0.163. The molecule has 0 radical (unpaired) electrons. The molecule has 2 bridgehead atoms. The van der Waals surface area contributed by atoms with Crippen LogP contribution in [0.25, 0.3) is 0 Å². The molecule has 1 amide bonds. The molecule has 0 aromatic carbocycles. The fourth-order valence-corrected chi connectivity index (χ4v) is 7.01. The third-order valence-corrected chi connectivity index (χ3v) is 9.57. The smallest absolute Gasteiger partial charge is 0.380 e. The van der Waals surface area contributed by atoms with E-state index in [9.17, 15) is 9.59 Å². The van der Waals surface area contributed by atoms with Crippen molar-refractivity contribution in [2.45, 2.75) is 129 Å². The number of fused-ring (bicyclic) bond motifs is 6. The van der Waals surface area contributed by atoms with E-state index in [2.05, 4.69) is 31.3 Å². The van der Waals surface area contributed by atoms with Crippen molar-refractivity contribution in [3.8, 4) is 0 Å². The number of nitrogens with two attached hydrogens (primary N) is 1. The first-order valence-electron chi connectivity index (χ1n) is 14.8. The molecule has 4 rings (SSSR count). The summed E-state index contributed by atoms with van der Waals surface area (Å²) in [6, 6.07) is -0.402. The molecular weight excluding hydrogens is 435 g/mol. The maximum Gasteiger partial charge on any atom is 0.380 e. The highest BCUT2D eigenvalue weighted by molar-refractivity contribution is 6.68. The molecule has 0 saturated heterocycles. The van der Waals surface area contributed by atoms with Crippen LogP contribution < -0.4 is 11.1 Å². The number of rotatable bonds is 10. The van der Waals surface area contributed by atoms with Crippen molar-refractivity contribution in [3.05, 3.63) is 12.2 Å². The quantitative estimate of drug-likeness (QED) is 0.224. The van der Waals surface area contributed by atoms with Crippen LogP contribution in [0, 0.1) is 23.2 Å². The van der Waals surface area contributed by atoms with Crippen LogP contribution in [0.2, 0.25) is 0 Å². The van der Waals surface area contributed by atoms with Gasteiger partial charge in [0.25, 0.3) is 0 Å². The first-order chi connectivity index (χ1) is 16.9. The molecule has 2 saturated carbocycles. The van der Waals surface area contributed by atoms with E-state index < -0.39 is 6.04 Å². The van der Waals surface area contributed by atoms with E-state index in [1.807, 2.05) is 0 Å². The second-order valence-corrected chi connectivity index (χ2v) is 11.8. The van der Waals surface area contributed by atoms with Gasteiger partial charge in [-0.25, -0.2) is 0 Å². The van der Waals surface area contributed by atoms with Crippen molar-refractivity contribution in [1.82, 2.24) is 5.32 Å². The zero-order chi connectivity index (χ0) is 25.1. The van der Waals surface area contributed by atoms with Crippen molar-refractivity contribution in [2.24, 2.45) is 28.9 Å². The van der Waals surface area contributed by atoms with Crippen LogP contribution in [-0.4, -0.2) is 37.8 Å². The van der Waals surface area contributed by atoms with Gasteiger partial charge in [-0.3, -0.25) is 9.59 Å². The highest BCUT2D eigenvalue weighted by Gasteiger charge is 2.51. The minimum Gasteiger partial charge on any atom is -0.427 e. The normalized spacial score (nSPS) is 32.1.